The van der Waals surface area contributed by atoms with Crippen LogP contribution in [-0.4, -0.2) is 27.6 Å². The van der Waals surface area contributed by atoms with Gasteiger partial charge in [-0.15, -0.1) is 10.2 Å². The maximum atomic E-state index is 11.7. The number of rotatable bonds is 5. The maximum absolute atomic E-state index is 11.7. The number of nitrogens with zero attached hydrogens (tertiary/aromatic N) is 2. The third kappa shape index (κ3) is 2.59. The lowest BCUT2D eigenvalue weighted by Gasteiger charge is -2.05. The van der Waals surface area contributed by atoms with Crippen LogP contribution in [0.1, 0.15) is 10.5 Å². The van der Waals surface area contributed by atoms with Gasteiger partial charge >= 0.3 is 0 Å². The Bertz CT molecular complexity index is 673. The van der Waals surface area contributed by atoms with E-state index in [4.69, 9.17) is 9.15 Å². The molecule has 6 heteroatoms. The molecule has 0 atom stereocenters. The zero-order chi connectivity index (χ0) is 13.8. The van der Waals surface area contributed by atoms with E-state index in [1.54, 1.807) is 42.6 Å². The monoisotopic (exact) mass is 269 g/mol. The summed E-state index contributed by atoms with van der Waals surface area (Å²) in [6, 6.07) is 10.6. The minimum atomic E-state index is -0.101. The van der Waals surface area contributed by atoms with Gasteiger partial charge in [0.05, 0.1) is 5.69 Å². The molecule has 0 aliphatic rings. The van der Waals surface area contributed by atoms with Crippen molar-refractivity contribution in [3.63, 3.8) is 0 Å². The summed E-state index contributed by atoms with van der Waals surface area (Å²) in [6.45, 7) is -0.0135. The van der Waals surface area contributed by atoms with Crippen molar-refractivity contribution in [3.05, 3.63) is 54.7 Å². The summed E-state index contributed by atoms with van der Waals surface area (Å²) in [7, 11) is 0. The molecule has 0 amide bonds. The van der Waals surface area contributed by atoms with Crippen molar-refractivity contribution in [2.75, 3.05) is 6.61 Å². The number of hydrogen-bond donors (Lipinski definition) is 1. The lowest BCUT2D eigenvalue weighted by Crippen LogP contribution is -2.11. The van der Waals surface area contributed by atoms with Gasteiger partial charge in [0, 0.05) is 11.8 Å². The molecule has 1 N–H and O–H groups in total. The van der Waals surface area contributed by atoms with E-state index in [1.165, 1.54) is 6.39 Å². The highest BCUT2D eigenvalue weighted by atomic mass is 16.5. The van der Waals surface area contributed by atoms with Crippen molar-refractivity contribution in [2.24, 2.45) is 0 Å². The summed E-state index contributed by atoms with van der Waals surface area (Å²) in [6.07, 6.45) is 2.97. The highest BCUT2D eigenvalue weighted by Gasteiger charge is 2.08. The molecule has 0 radical (unpaired) electrons. The SMILES string of the molecule is O=C(COc1ccc(-c2nnco2)cc1)c1ccc[nH]1. The van der Waals surface area contributed by atoms with Crippen LogP contribution in [-0.2, 0) is 0 Å². The molecule has 0 bridgehead atoms. The quantitative estimate of drug-likeness (QED) is 0.719. The van der Waals surface area contributed by atoms with Crippen molar-refractivity contribution >= 4 is 5.78 Å². The Morgan fingerprint density at radius 2 is 2.10 bits per heavy atom. The minimum Gasteiger partial charge on any atom is -0.485 e. The highest BCUT2D eigenvalue weighted by molar-refractivity contribution is 5.95. The van der Waals surface area contributed by atoms with Gasteiger partial charge in [-0.05, 0) is 36.4 Å². The number of carbonyl (C=O) groups excluding carboxylic acids is 1. The van der Waals surface area contributed by atoms with Gasteiger partial charge < -0.3 is 14.1 Å². The van der Waals surface area contributed by atoms with Gasteiger partial charge in [-0.25, -0.2) is 0 Å². The molecule has 6 nitrogen and oxygen atoms in total. The Morgan fingerprint density at radius 1 is 1.25 bits per heavy atom. The standard InChI is InChI=1S/C14H11N3O3/c18-13(12-2-1-7-15-12)8-19-11-5-3-10(4-6-11)14-17-16-9-20-14/h1-7,9,15H,8H2. The summed E-state index contributed by atoms with van der Waals surface area (Å²) in [5, 5.41) is 7.42. The Hall–Kier alpha value is -2.89. The van der Waals surface area contributed by atoms with Crippen LogP contribution in [0.2, 0.25) is 0 Å². The second kappa shape index (κ2) is 5.40. The molecule has 0 spiro atoms. The summed E-state index contributed by atoms with van der Waals surface area (Å²) in [5.41, 5.74) is 1.33. The second-order valence-corrected chi connectivity index (χ2v) is 4.06. The molecule has 0 saturated heterocycles. The highest BCUT2D eigenvalue weighted by Crippen LogP contribution is 2.20. The zero-order valence-electron chi connectivity index (χ0n) is 10.4. The van der Waals surface area contributed by atoms with Crippen LogP contribution >= 0.6 is 0 Å². The number of benzene rings is 1. The lowest BCUT2D eigenvalue weighted by atomic mass is 10.2. The van der Waals surface area contributed by atoms with E-state index in [9.17, 15) is 4.79 Å². The lowest BCUT2D eigenvalue weighted by molar-refractivity contribution is 0.0917. The van der Waals surface area contributed by atoms with Crippen LogP contribution in [0.25, 0.3) is 11.5 Å². The molecular weight excluding hydrogens is 258 g/mol. The Kier molecular flexibility index (Phi) is 3.28. The zero-order valence-corrected chi connectivity index (χ0v) is 10.4. The smallest absolute Gasteiger partial charge is 0.247 e. The molecule has 0 unspecified atom stereocenters. The summed E-state index contributed by atoms with van der Waals surface area (Å²) >= 11 is 0. The van der Waals surface area contributed by atoms with Gasteiger partial charge in [0.2, 0.25) is 18.1 Å². The van der Waals surface area contributed by atoms with Crippen molar-refractivity contribution in [1.82, 2.24) is 15.2 Å². The second-order valence-electron chi connectivity index (χ2n) is 4.06. The fourth-order valence-electron chi connectivity index (χ4n) is 1.72. The molecule has 20 heavy (non-hydrogen) atoms. The van der Waals surface area contributed by atoms with E-state index in [-0.39, 0.29) is 12.4 Å². The largest absolute Gasteiger partial charge is 0.485 e. The van der Waals surface area contributed by atoms with Crippen LogP contribution in [0.15, 0.2) is 53.4 Å². The van der Waals surface area contributed by atoms with Crippen LogP contribution in [0.3, 0.4) is 0 Å². The summed E-state index contributed by atoms with van der Waals surface area (Å²) in [5.74, 6) is 0.947. The first-order valence-corrected chi connectivity index (χ1v) is 5.99. The summed E-state index contributed by atoms with van der Waals surface area (Å²) in [4.78, 5) is 14.6. The van der Waals surface area contributed by atoms with Crippen LogP contribution in [0, 0.1) is 0 Å². The number of carbonyl (C=O) groups is 1. The number of H-pyrrole nitrogens is 1. The average molecular weight is 269 g/mol. The third-order valence-corrected chi connectivity index (χ3v) is 2.73. The molecule has 3 rings (SSSR count). The third-order valence-electron chi connectivity index (χ3n) is 2.73. The fraction of sp³-hybridized carbons (Fsp3) is 0.0714. The van der Waals surface area contributed by atoms with Gasteiger partial charge in [0.1, 0.15) is 5.75 Å². The molecule has 0 saturated carbocycles. The van der Waals surface area contributed by atoms with Crippen molar-refractivity contribution in [3.8, 4) is 17.2 Å². The predicted molar refractivity (Wildman–Crippen MR) is 70.4 cm³/mol. The van der Waals surface area contributed by atoms with E-state index in [2.05, 4.69) is 15.2 Å². The predicted octanol–water partition coefficient (Wildman–Crippen LogP) is 2.33. The topological polar surface area (TPSA) is 81.0 Å². The molecule has 2 heterocycles. The summed E-state index contributed by atoms with van der Waals surface area (Å²) < 4.78 is 10.5. The number of Topliss-reactive ketones (excluding diaryl/α,β-unsaturated/α-hetero) is 1. The molecule has 2 aromatic heterocycles. The van der Waals surface area contributed by atoms with Gasteiger partial charge in [-0.1, -0.05) is 0 Å². The van der Waals surface area contributed by atoms with Crippen LogP contribution in [0.4, 0.5) is 0 Å². The number of ketones is 1. The number of hydrogen-bond acceptors (Lipinski definition) is 5. The van der Waals surface area contributed by atoms with E-state index in [1.807, 2.05) is 0 Å². The number of aromatic amines is 1. The van der Waals surface area contributed by atoms with Gasteiger partial charge in [0.25, 0.3) is 0 Å². The maximum Gasteiger partial charge on any atom is 0.247 e. The molecule has 0 aliphatic heterocycles. The molecular formula is C14H11N3O3. The molecule has 100 valence electrons. The Balaban J connectivity index is 1.63. The first-order chi connectivity index (χ1) is 9.83. The first kappa shape index (κ1) is 12.2. The van der Waals surface area contributed by atoms with Gasteiger partial charge in [-0.3, -0.25) is 4.79 Å². The normalized spacial score (nSPS) is 10.4. The van der Waals surface area contributed by atoms with Crippen LogP contribution in [0.5, 0.6) is 5.75 Å². The van der Waals surface area contributed by atoms with Crippen molar-refractivity contribution in [1.29, 1.82) is 0 Å². The minimum absolute atomic E-state index is 0.0135. The molecule has 0 aliphatic carbocycles. The van der Waals surface area contributed by atoms with Crippen molar-refractivity contribution in [2.45, 2.75) is 0 Å². The molecule has 3 aromatic rings. The van der Waals surface area contributed by atoms with Crippen molar-refractivity contribution < 1.29 is 13.9 Å². The average Bonchev–Trinajstić information content (AvgIpc) is 3.18. The van der Waals surface area contributed by atoms with Crippen LogP contribution < -0.4 is 4.74 Å². The fourth-order valence-corrected chi connectivity index (χ4v) is 1.72. The van der Waals surface area contributed by atoms with Gasteiger partial charge in [0.15, 0.2) is 6.61 Å². The number of nitrogens with one attached hydrogen (secondary N) is 1. The Morgan fingerprint density at radius 3 is 2.75 bits per heavy atom. The Labute approximate surface area is 114 Å². The number of ether oxygens (including phenoxy) is 1. The van der Waals surface area contributed by atoms with E-state index < -0.39 is 0 Å². The van der Waals surface area contributed by atoms with E-state index >= 15 is 0 Å². The first-order valence-electron chi connectivity index (χ1n) is 5.99. The molecule has 0 fully saturated rings. The van der Waals surface area contributed by atoms with E-state index in [0.717, 1.165) is 5.56 Å². The van der Waals surface area contributed by atoms with E-state index in [0.29, 0.717) is 17.3 Å². The van der Waals surface area contributed by atoms with Gasteiger partial charge in [-0.2, -0.15) is 0 Å². The number of aromatic nitrogens is 3. The molecule has 1 aromatic carbocycles.